The summed E-state index contributed by atoms with van der Waals surface area (Å²) in [6.07, 6.45) is 0.200. The molecule has 1 heterocycles. The SMILES string of the molecule is CC1OCCC1(O)CNC(=O)CSCC(=O)O. The highest BCUT2D eigenvalue weighted by atomic mass is 32.2. The summed E-state index contributed by atoms with van der Waals surface area (Å²) in [6.45, 7) is 2.39. The van der Waals surface area contributed by atoms with Crippen molar-refractivity contribution in [3.63, 3.8) is 0 Å². The molecule has 1 aliphatic heterocycles. The quantitative estimate of drug-likeness (QED) is 0.595. The number of amides is 1. The fourth-order valence-corrected chi connectivity index (χ4v) is 2.10. The molecule has 0 spiro atoms. The molecular weight excluding hydrogens is 246 g/mol. The van der Waals surface area contributed by atoms with Gasteiger partial charge in [-0.1, -0.05) is 0 Å². The summed E-state index contributed by atoms with van der Waals surface area (Å²) in [5, 5.41) is 21.1. The average Bonchev–Trinajstić information content (AvgIpc) is 2.57. The molecule has 0 bridgehead atoms. The van der Waals surface area contributed by atoms with Crippen molar-refractivity contribution in [2.75, 3.05) is 24.7 Å². The van der Waals surface area contributed by atoms with Gasteiger partial charge in [0.25, 0.3) is 0 Å². The number of carboxylic acids is 1. The van der Waals surface area contributed by atoms with Crippen LogP contribution in [0.25, 0.3) is 0 Å². The molecule has 0 aromatic heterocycles. The zero-order chi connectivity index (χ0) is 12.9. The van der Waals surface area contributed by atoms with Crippen molar-refractivity contribution in [3.8, 4) is 0 Å². The van der Waals surface area contributed by atoms with E-state index in [4.69, 9.17) is 9.84 Å². The Morgan fingerprint density at radius 3 is 2.76 bits per heavy atom. The zero-order valence-corrected chi connectivity index (χ0v) is 10.5. The number of ether oxygens (including phenoxy) is 1. The standard InChI is InChI=1S/C10H17NO5S/c1-7-10(15,2-3-16-7)6-11-8(12)4-17-5-9(13)14/h7,15H,2-6H2,1H3,(H,11,12)(H,13,14). The predicted molar refractivity (Wildman–Crippen MR) is 63.0 cm³/mol. The molecule has 0 aliphatic carbocycles. The van der Waals surface area contributed by atoms with Gasteiger partial charge in [-0.25, -0.2) is 0 Å². The fraction of sp³-hybridized carbons (Fsp3) is 0.800. The van der Waals surface area contributed by atoms with Crippen LogP contribution in [0, 0.1) is 0 Å². The number of hydrogen-bond acceptors (Lipinski definition) is 5. The molecule has 1 rings (SSSR count). The van der Waals surface area contributed by atoms with Crippen LogP contribution in [0.1, 0.15) is 13.3 Å². The summed E-state index contributed by atoms with van der Waals surface area (Å²) < 4.78 is 5.23. The highest BCUT2D eigenvalue weighted by Crippen LogP contribution is 2.24. The Balaban J connectivity index is 2.21. The summed E-state index contributed by atoms with van der Waals surface area (Å²) in [4.78, 5) is 21.6. The Hall–Kier alpha value is -0.790. The van der Waals surface area contributed by atoms with Crippen LogP contribution in [0.3, 0.4) is 0 Å². The highest BCUT2D eigenvalue weighted by molar-refractivity contribution is 8.00. The smallest absolute Gasteiger partial charge is 0.313 e. The van der Waals surface area contributed by atoms with Gasteiger partial charge in [0.05, 0.1) is 17.6 Å². The predicted octanol–water partition coefficient (Wildman–Crippen LogP) is -0.540. The Morgan fingerprint density at radius 1 is 1.53 bits per heavy atom. The highest BCUT2D eigenvalue weighted by Gasteiger charge is 2.39. The maximum Gasteiger partial charge on any atom is 0.313 e. The second kappa shape index (κ2) is 6.23. The van der Waals surface area contributed by atoms with Crippen LogP contribution < -0.4 is 5.32 Å². The van der Waals surface area contributed by atoms with Crippen LogP contribution in [0.2, 0.25) is 0 Å². The number of thioether (sulfide) groups is 1. The Bertz CT molecular complexity index is 298. The van der Waals surface area contributed by atoms with Gasteiger partial charge in [0.15, 0.2) is 0 Å². The molecule has 1 amide bonds. The summed E-state index contributed by atoms with van der Waals surface area (Å²) >= 11 is 1.03. The van der Waals surface area contributed by atoms with Crippen molar-refractivity contribution in [2.24, 2.45) is 0 Å². The van der Waals surface area contributed by atoms with Gasteiger partial charge in [-0.05, 0) is 6.92 Å². The van der Waals surface area contributed by atoms with E-state index in [2.05, 4.69) is 5.32 Å². The van der Waals surface area contributed by atoms with E-state index in [9.17, 15) is 14.7 Å². The molecule has 0 saturated carbocycles. The van der Waals surface area contributed by atoms with Gasteiger partial charge >= 0.3 is 5.97 Å². The first-order valence-corrected chi connectivity index (χ1v) is 6.50. The first-order valence-electron chi connectivity index (χ1n) is 5.34. The molecule has 98 valence electrons. The van der Waals surface area contributed by atoms with Crippen LogP contribution in [-0.2, 0) is 14.3 Å². The van der Waals surface area contributed by atoms with E-state index >= 15 is 0 Å². The number of carboxylic acid groups (broad SMARTS) is 1. The van der Waals surface area contributed by atoms with Crippen molar-refractivity contribution in [1.82, 2.24) is 5.32 Å². The Morgan fingerprint density at radius 2 is 2.24 bits per heavy atom. The summed E-state index contributed by atoms with van der Waals surface area (Å²) in [6, 6.07) is 0. The van der Waals surface area contributed by atoms with Gasteiger partial charge in [-0.3, -0.25) is 9.59 Å². The molecule has 2 unspecified atom stereocenters. The lowest BCUT2D eigenvalue weighted by Gasteiger charge is -2.26. The number of carbonyl (C=O) groups is 2. The molecule has 0 radical (unpaired) electrons. The van der Waals surface area contributed by atoms with E-state index in [1.165, 1.54) is 0 Å². The molecule has 17 heavy (non-hydrogen) atoms. The molecular formula is C10H17NO5S. The van der Waals surface area contributed by atoms with Gasteiger partial charge in [-0.2, -0.15) is 0 Å². The van der Waals surface area contributed by atoms with Gasteiger partial charge in [-0.15, -0.1) is 11.8 Å². The van der Waals surface area contributed by atoms with Gasteiger partial charge < -0.3 is 20.3 Å². The van der Waals surface area contributed by atoms with Crippen molar-refractivity contribution < 1.29 is 24.5 Å². The molecule has 2 atom stereocenters. The third kappa shape index (κ3) is 4.53. The lowest BCUT2D eigenvalue weighted by atomic mass is 9.97. The summed E-state index contributed by atoms with van der Waals surface area (Å²) in [7, 11) is 0. The Kier molecular flexibility index (Phi) is 5.23. The lowest BCUT2D eigenvalue weighted by molar-refractivity contribution is -0.133. The number of aliphatic hydroxyl groups is 1. The number of hydrogen-bond donors (Lipinski definition) is 3. The first kappa shape index (κ1) is 14.3. The number of nitrogens with one attached hydrogen (secondary N) is 1. The van der Waals surface area contributed by atoms with Gasteiger partial charge in [0, 0.05) is 19.6 Å². The molecule has 0 aromatic carbocycles. The molecule has 7 heteroatoms. The number of rotatable bonds is 6. The van der Waals surface area contributed by atoms with E-state index in [0.29, 0.717) is 13.0 Å². The van der Waals surface area contributed by atoms with Crippen molar-refractivity contribution >= 4 is 23.6 Å². The molecule has 6 nitrogen and oxygen atoms in total. The van der Waals surface area contributed by atoms with E-state index in [0.717, 1.165) is 11.8 Å². The normalized spacial score (nSPS) is 28.0. The minimum Gasteiger partial charge on any atom is -0.481 e. The van der Waals surface area contributed by atoms with Crippen LogP contribution in [-0.4, -0.2) is 58.5 Å². The Labute approximate surface area is 104 Å². The van der Waals surface area contributed by atoms with Crippen molar-refractivity contribution in [2.45, 2.75) is 25.0 Å². The minimum atomic E-state index is -1.01. The monoisotopic (exact) mass is 263 g/mol. The maximum absolute atomic E-state index is 11.4. The minimum absolute atomic E-state index is 0.0810. The fourth-order valence-electron chi connectivity index (χ4n) is 1.54. The summed E-state index contributed by atoms with van der Waals surface area (Å²) in [5.74, 6) is -1.24. The van der Waals surface area contributed by atoms with E-state index in [1.807, 2.05) is 0 Å². The maximum atomic E-state index is 11.4. The lowest BCUT2D eigenvalue weighted by Crippen LogP contribution is -2.47. The summed E-state index contributed by atoms with van der Waals surface area (Å²) in [5.41, 5.74) is -1.01. The molecule has 1 aliphatic rings. The van der Waals surface area contributed by atoms with Crippen LogP contribution >= 0.6 is 11.8 Å². The second-order valence-corrected chi connectivity index (χ2v) is 5.02. The second-order valence-electron chi connectivity index (χ2n) is 4.03. The van der Waals surface area contributed by atoms with E-state index < -0.39 is 11.6 Å². The van der Waals surface area contributed by atoms with E-state index in [1.54, 1.807) is 6.92 Å². The molecule has 3 N–H and O–H groups in total. The molecule has 1 saturated heterocycles. The topological polar surface area (TPSA) is 95.9 Å². The van der Waals surface area contributed by atoms with Crippen molar-refractivity contribution in [3.05, 3.63) is 0 Å². The van der Waals surface area contributed by atoms with Crippen LogP contribution in [0.15, 0.2) is 0 Å². The van der Waals surface area contributed by atoms with E-state index in [-0.39, 0.29) is 30.1 Å². The number of carbonyl (C=O) groups excluding carboxylic acids is 1. The van der Waals surface area contributed by atoms with Gasteiger partial charge in [0.1, 0.15) is 5.60 Å². The molecule has 0 aromatic rings. The van der Waals surface area contributed by atoms with Crippen LogP contribution in [0.5, 0.6) is 0 Å². The van der Waals surface area contributed by atoms with Gasteiger partial charge in [0.2, 0.25) is 5.91 Å². The average molecular weight is 263 g/mol. The number of aliphatic carboxylic acids is 1. The largest absolute Gasteiger partial charge is 0.481 e. The molecule has 1 fully saturated rings. The first-order chi connectivity index (χ1) is 7.94. The van der Waals surface area contributed by atoms with Crippen LogP contribution in [0.4, 0.5) is 0 Å². The zero-order valence-electron chi connectivity index (χ0n) is 9.64. The third-order valence-electron chi connectivity index (χ3n) is 2.71. The van der Waals surface area contributed by atoms with Crippen molar-refractivity contribution in [1.29, 1.82) is 0 Å². The third-order valence-corrected chi connectivity index (χ3v) is 3.63.